The first-order chi connectivity index (χ1) is 9.70. The third-order valence-electron chi connectivity index (χ3n) is 3.92. The maximum Gasteiger partial charge on any atom is 0.306 e. The normalized spacial score (nSPS) is 15.2. The summed E-state index contributed by atoms with van der Waals surface area (Å²) in [7, 11) is 0. The Morgan fingerprint density at radius 3 is 2.35 bits per heavy atom. The summed E-state index contributed by atoms with van der Waals surface area (Å²) in [5, 5.41) is 0. The zero-order valence-corrected chi connectivity index (χ0v) is 12.1. The number of carbonyl (C=O) groups excluding carboxylic acids is 2. The van der Waals surface area contributed by atoms with E-state index in [0.29, 0.717) is 18.1 Å². The molecule has 1 aromatic carbocycles. The monoisotopic (exact) mass is 274 g/mol. The molecule has 0 amide bonds. The smallest absolute Gasteiger partial charge is 0.306 e. The molecule has 0 unspecified atom stereocenters. The molecule has 0 spiro atoms. The average Bonchev–Trinajstić information content (AvgIpc) is 2.99. The Morgan fingerprint density at radius 1 is 1.10 bits per heavy atom. The largest absolute Gasteiger partial charge is 0.466 e. The lowest BCUT2D eigenvalue weighted by Gasteiger charge is -2.09. The first kappa shape index (κ1) is 14.8. The standard InChI is InChI=1S/C17H22O3/c1-2-20-17(19)12-11-16(18)15-9-7-14(8-10-15)13-5-3-4-6-13/h7-10,13H,2-6,11-12H2,1H3. The number of hydrogen-bond acceptors (Lipinski definition) is 3. The van der Waals surface area contributed by atoms with E-state index in [-0.39, 0.29) is 24.6 Å². The van der Waals surface area contributed by atoms with Crippen LogP contribution >= 0.6 is 0 Å². The van der Waals surface area contributed by atoms with Crippen LogP contribution in [-0.4, -0.2) is 18.4 Å². The van der Waals surface area contributed by atoms with E-state index in [4.69, 9.17) is 4.74 Å². The lowest BCUT2D eigenvalue weighted by molar-refractivity contribution is -0.143. The Kier molecular flexibility index (Phi) is 5.33. The van der Waals surface area contributed by atoms with Crippen molar-refractivity contribution >= 4 is 11.8 Å². The third kappa shape index (κ3) is 3.92. The molecule has 0 atom stereocenters. The molecule has 2 rings (SSSR count). The maximum absolute atomic E-state index is 12.0. The van der Waals surface area contributed by atoms with E-state index in [0.717, 1.165) is 0 Å². The fraction of sp³-hybridized carbons (Fsp3) is 0.529. The molecule has 1 aliphatic rings. The molecule has 20 heavy (non-hydrogen) atoms. The van der Waals surface area contributed by atoms with Gasteiger partial charge in [-0.3, -0.25) is 9.59 Å². The van der Waals surface area contributed by atoms with Gasteiger partial charge in [0, 0.05) is 12.0 Å². The Hall–Kier alpha value is -1.64. The third-order valence-corrected chi connectivity index (χ3v) is 3.92. The Morgan fingerprint density at radius 2 is 1.75 bits per heavy atom. The van der Waals surface area contributed by atoms with Crippen molar-refractivity contribution in [2.75, 3.05) is 6.61 Å². The summed E-state index contributed by atoms with van der Waals surface area (Å²) >= 11 is 0. The molecule has 0 aromatic heterocycles. The van der Waals surface area contributed by atoms with Gasteiger partial charge in [0.1, 0.15) is 0 Å². The van der Waals surface area contributed by atoms with Crippen molar-refractivity contribution in [3.8, 4) is 0 Å². The summed E-state index contributed by atoms with van der Waals surface area (Å²) in [5.41, 5.74) is 2.03. The predicted octanol–water partition coefficient (Wildman–Crippen LogP) is 3.87. The minimum absolute atomic E-state index is 0.0102. The van der Waals surface area contributed by atoms with Gasteiger partial charge in [-0.25, -0.2) is 0 Å². The SMILES string of the molecule is CCOC(=O)CCC(=O)c1ccc(C2CCCC2)cc1. The van der Waals surface area contributed by atoms with Crippen molar-refractivity contribution in [3.05, 3.63) is 35.4 Å². The molecule has 1 fully saturated rings. The number of hydrogen-bond donors (Lipinski definition) is 0. The van der Waals surface area contributed by atoms with E-state index < -0.39 is 0 Å². The van der Waals surface area contributed by atoms with Crippen LogP contribution in [0.5, 0.6) is 0 Å². The minimum Gasteiger partial charge on any atom is -0.466 e. The number of esters is 1. The summed E-state index contributed by atoms with van der Waals surface area (Å²) < 4.78 is 4.82. The van der Waals surface area contributed by atoms with Crippen LogP contribution in [0.2, 0.25) is 0 Å². The quantitative estimate of drug-likeness (QED) is 0.584. The second-order valence-corrected chi connectivity index (χ2v) is 5.33. The van der Waals surface area contributed by atoms with Gasteiger partial charge in [0.25, 0.3) is 0 Å². The van der Waals surface area contributed by atoms with E-state index in [2.05, 4.69) is 12.1 Å². The van der Waals surface area contributed by atoms with E-state index in [1.54, 1.807) is 6.92 Å². The fourth-order valence-electron chi connectivity index (χ4n) is 2.79. The van der Waals surface area contributed by atoms with Gasteiger partial charge in [-0.2, -0.15) is 0 Å². The van der Waals surface area contributed by atoms with Crippen LogP contribution in [0.3, 0.4) is 0 Å². The van der Waals surface area contributed by atoms with Gasteiger partial charge >= 0.3 is 5.97 Å². The number of benzene rings is 1. The Bertz CT molecular complexity index is 456. The Labute approximate surface area is 120 Å². The second kappa shape index (κ2) is 7.22. The molecule has 1 aliphatic carbocycles. The fourth-order valence-corrected chi connectivity index (χ4v) is 2.79. The van der Waals surface area contributed by atoms with E-state index >= 15 is 0 Å². The summed E-state index contributed by atoms with van der Waals surface area (Å²) in [6, 6.07) is 7.91. The van der Waals surface area contributed by atoms with Gasteiger partial charge in [-0.15, -0.1) is 0 Å². The van der Waals surface area contributed by atoms with E-state index in [1.165, 1.54) is 31.2 Å². The highest BCUT2D eigenvalue weighted by atomic mass is 16.5. The van der Waals surface area contributed by atoms with Crippen molar-refractivity contribution in [3.63, 3.8) is 0 Å². The summed E-state index contributed by atoms with van der Waals surface area (Å²) in [5.74, 6) is 0.373. The molecular formula is C17H22O3. The van der Waals surface area contributed by atoms with Crippen molar-refractivity contribution in [1.82, 2.24) is 0 Å². The van der Waals surface area contributed by atoms with Gasteiger partial charge in [-0.05, 0) is 31.2 Å². The zero-order valence-electron chi connectivity index (χ0n) is 12.1. The summed E-state index contributed by atoms with van der Waals surface area (Å²) in [6.07, 6.45) is 5.53. The molecule has 3 nitrogen and oxygen atoms in total. The average molecular weight is 274 g/mol. The van der Waals surface area contributed by atoms with Crippen LogP contribution in [0.25, 0.3) is 0 Å². The molecular weight excluding hydrogens is 252 g/mol. The zero-order chi connectivity index (χ0) is 14.4. The lowest BCUT2D eigenvalue weighted by Crippen LogP contribution is -2.08. The molecule has 1 aromatic rings. The van der Waals surface area contributed by atoms with Crippen molar-refractivity contribution in [2.45, 2.75) is 51.4 Å². The molecule has 1 saturated carbocycles. The van der Waals surface area contributed by atoms with Crippen LogP contribution in [0.15, 0.2) is 24.3 Å². The predicted molar refractivity (Wildman–Crippen MR) is 77.8 cm³/mol. The number of Topliss-reactive ketones (excluding diaryl/α,β-unsaturated/α-hetero) is 1. The van der Waals surface area contributed by atoms with Crippen LogP contribution < -0.4 is 0 Å². The second-order valence-electron chi connectivity index (χ2n) is 5.33. The molecule has 0 heterocycles. The minimum atomic E-state index is -0.302. The molecule has 0 aliphatic heterocycles. The van der Waals surface area contributed by atoms with Crippen molar-refractivity contribution in [1.29, 1.82) is 0 Å². The molecule has 0 radical (unpaired) electrons. The number of ether oxygens (including phenoxy) is 1. The topological polar surface area (TPSA) is 43.4 Å². The number of ketones is 1. The van der Waals surface area contributed by atoms with E-state index in [9.17, 15) is 9.59 Å². The van der Waals surface area contributed by atoms with E-state index in [1.807, 2.05) is 12.1 Å². The summed E-state index contributed by atoms with van der Waals surface area (Å²) in [4.78, 5) is 23.2. The van der Waals surface area contributed by atoms with Gasteiger partial charge < -0.3 is 4.74 Å². The highest BCUT2D eigenvalue weighted by molar-refractivity contribution is 5.97. The maximum atomic E-state index is 12.0. The van der Waals surface area contributed by atoms with Gasteiger partial charge in [0.15, 0.2) is 5.78 Å². The van der Waals surface area contributed by atoms with Crippen LogP contribution in [-0.2, 0) is 9.53 Å². The number of carbonyl (C=O) groups is 2. The van der Waals surface area contributed by atoms with Crippen LogP contribution in [0, 0.1) is 0 Å². The highest BCUT2D eigenvalue weighted by Gasteiger charge is 2.17. The van der Waals surface area contributed by atoms with Crippen LogP contribution in [0.1, 0.15) is 67.3 Å². The molecule has 0 saturated heterocycles. The summed E-state index contributed by atoms with van der Waals surface area (Å²) in [6.45, 7) is 2.13. The van der Waals surface area contributed by atoms with Crippen molar-refractivity contribution < 1.29 is 14.3 Å². The van der Waals surface area contributed by atoms with Gasteiger partial charge in [0.2, 0.25) is 0 Å². The number of rotatable bonds is 6. The first-order valence-electron chi connectivity index (χ1n) is 7.49. The van der Waals surface area contributed by atoms with Gasteiger partial charge in [0.05, 0.1) is 13.0 Å². The highest BCUT2D eigenvalue weighted by Crippen LogP contribution is 2.34. The molecule has 0 bridgehead atoms. The Balaban J connectivity index is 1.88. The molecule has 3 heteroatoms. The first-order valence-corrected chi connectivity index (χ1v) is 7.49. The van der Waals surface area contributed by atoms with Crippen molar-refractivity contribution in [2.24, 2.45) is 0 Å². The molecule has 0 N–H and O–H groups in total. The van der Waals surface area contributed by atoms with Gasteiger partial charge in [-0.1, -0.05) is 37.1 Å². The molecule has 108 valence electrons. The lowest BCUT2D eigenvalue weighted by atomic mass is 9.95. The van der Waals surface area contributed by atoms with Crippen LogP contribution in [0.4, 0.5) is 0 Å².